The van der Waals surface area contributed by atoms with Crippen LogP contribution in [0.1, 0.15) is 25.7 Å². The molecule has 1 heterocycles. The van der Waals surface area contributed by atoms with Crippen molar-refractivity contribution in [1.29, 1.82) is 0 Å². The van der Waals surface area contributed by atoms with Gasteiger partial charge in [-0.15, -0.1) is 0 Å². The van der Waals surface area contributed by atoms with Gasteiger partial charge in [-0.05, 0) is 37.5 Å². The number of nitrogens with zero attached hydrogens (tertiary/aromatic N) is 1. The summed E-state index contributed by atoms with van der Waals surface area (Å²) in [4.78, 5) is 16.0. The van der Waals surface area contributed by atoms with Gasteiger partial charge < -0.3 is 5.32 Å². The van der Waals surface area contributed by atoms with Crippen LogP contribution >= 0.6 is 0 Å². The zero-order valence-electron chi connectivity index (χ0n) is 11.5. The molecule has 0 spiro atoms. The number of sulfonamides is 1. The maximum atomic E-state index is 12.3. The summed E-state index contributed by atoms with van der Waals surface area (Å²) in [5, 5.41) is 2.75. The van der Waals surface area contributed by atoms with Crippen LogP contribution in [0.3, 0.4) is 0 Å². The molecule has 21 heavy (non-hydrogen) atoms. The lowest BCUT2D eigenvalue weighted by Gasteiger charge is -2.09. The molecule has 1 amide bonds. The lowest BCUT2D eigenvalue weighted by atomic mass is 10.3. The number of hydrogen-bond donors (Lipinski definition) is 2. The average Bonchev–Trinajstić information content (AvgIpc) is 3.19. The van der Waals surface area contributed by atoms with Crippen molar-refractivity contribution in [2.75, 3.05) is 11.9 Å². The number of amidine groups is 1. The van der Waals surface area contributed by atoms with Crippen molar-refractivity contribution < 1.29 is 13.2 Å². The fourth-order valence-electron chi connectivity index (χ4n) is 2.17. The second-order valence-electron chi connectivity index (χ2n) is 5.33. The minimum atomic E-state index is -3.64. The van der Waals surface area contributed by atoms with Crippen LogP contribution in [0.15, 0.2) is 34.2 Å². The van der Waals surface area contributed by atoms with Gasteiger partial charge in [-0.3, -0.25) is 14.5 Å². The van der Waals surface area contributed by atoms with Gasteiger partial charge >= 0.3 is 0 Å². The third-order valence-electron chi connectivity index (χ3n) is 3.49. The molecule has 0 aromatic heterocycles. The Morgan fingerprint density at radius 2 is 2.10 bits per heavy atom. The Kier molecular flexibility index (Phi) is 3.67. The van der Waals surface area contributed by atoms with Gasteiger partial charge in [0.1, 0.15) is 5.84 Å². The highest BCUT2D eigenvalue weighted by Gasteiger charge is 2.29. The number of hydrogen-bond acceptors (Lipinski definition) is 4. The van der Waals surface area contributed by atoms with E-state index in [1.165, 1.54) is 12.1 Å². The van der Waals surface area contributed by atoms with Gasteiger partial charge in [0.2, 0.25) is 5.91 Å². The molecule has 2 aliphatic rings. The molecular weight excluding hydrogens is 290 g/mol. The van der Waals surface area contributed by atoms with Crippen molar-refractivity contribution in [3.8, 4) is 0 Å². The van der Waals surface area contributed by atoms with E-state index in [0.29, 0.717) is 24.5 Å². The predicted molar refractivity (Wildman–Crippen MR) is 79.7 cm³/mol. The van der Waals surface area contributed by atoms with Gasteiger partial charge in [-0.1, -0.05) is 6.07 Å². The highest BCUT2D eigenvalue weighted by atomic mass is 32.2. The number of amides is 1. The standard InChI is InChI=1S/C14H17N3O3S/c18-14(10-6-7-10)16-11-3-1-4-12(9-11)21(19,20)17-13-5-2-8-15-13/h1,3-4,9-10H,2,5-8H2,(H,15,17)(H,16,18). The van der Waals surface area contributed by atoms with E-state index in [2.05, 4.69) is 15.0 Å². The van der Waals surface area contributed by atoms with Crippen LogP contribution in [0, 0.1) is 5.92 Å². The fraction of sp³-hybridized carbons (Fsp3) is 0.429. The van der Waals surface area contributed by atoms with E-state index in [-0.39, 0.29) is 16.7 Å². The second kappa shape index (κ2) is 5.48. The van der Waals surface area contributed by atoms with Gasteiger partial charge in [0.05, 0.1) is 4.90 Å². The van der Waals surface area contributed by atoms with E-state index < -0.39 is 10.0 Å². The van der Waals surface area contributed by atoms with Crippen molar-refractivity contribution in [3.63, 3.8) is 0 Å². The molecule has 2 N–H and O–H groups in total. The summed E-state index contributed by atoms with van der Waals surface area (Å²) in [7, 11) is -3.64. The SMILES string of the molecule is O=C(Nc1cccc(S(=O)(=O)NC2=NCCC2)c1)C1CC1. The number of anilines is 1. The molecule has 0 saturated heterocycles. The van der Waals surface area contributed by atoms with E-state index >= 15 is 0 Å². The largest absolute Gasteiger partial charge is 0.326 e. The minimum absolute atomic E-state index is 0.0438. The molecule has 0 radical (unpaired) electrons. The Hall–Kier alpha value is -1.89. The van der Waals surface area contributed by atoms with Crippen LogP contribution in [0.2, 0.25) is 0 Å². The number of rotatable bonds is 4. The molecule has 7 heteroatoms. The molecule has 1 aromatic rings. The summed E-state index contributed by atoms with van der Waals surface area (Å²) in [5.74, 6) is 0.538. The first-order chi connectivity index (χ1) is 10.0. The zero-order chi connectivity index (χ0) is 14.9. The van der Waals surface area contributed by atoms with E-state index in [4.69, 9.17) is 0 Å². The van der Waals surface area contributed by atoms with Gasteiger partial charge in [-0.25, -0.2) is 8.42 Å². The molecule has 1 aliphatic heterocycles. The lowest BCUT2D eigenvalue weighted by molar-refractivity contribution is -0.117. The Labute approximate surface area is 123 Å². The molecule has 1 aliphatic carbocycles. The van der Waals surface area contributed by atoms with E-state index in [1.807, 2.05) is 0 Å². The maximum absolute atomic E-state index is 12.3. The lowest BCUT2D eigenvalue weighted by Crippen LogP contribution is -2.29. The number of nitrogens with one attached hydrogen (secondary N) is 2. The molecule has 0 bridgehead atoms. The summed E-state index contributed by atoms with van der Waals surface area (Å²) >= 11 is 0. The van der Waals surface area contributed by atoms with Crippen molar-refractivity contribution in [1.82, 2.24) is 4.72 Å². The molecule has 6 nitrogen and oxygen atoms in total. The topological polar surface area (TPSA) is 87.6 Å². The van der Waals surface area contributed by atoms with Crippen LogP contribution in [-0.2, 0) is 14.8 Å². The summed E-state index contributed by atoms with van der Waals surface area (Å²) < 4.78 is 27.0. The van der Waals surface area contributed by atoms with E-state index in [0.717, 1.165) is 19.3 Å². The molecule has 0 unspecified atom stereocenters. The highest BCUT2D eigenvalue weighted by molar-refractivity contribution is 7.90. The second-order valence-corrected chi connectivity index (χ2v) is 7.01. The van der Waals surface area contributed by atoms with Gasteiger partial charge in [0, 0.05) is 24.6 Å². The maximum Gasteiger partial charge on any atom is 0.262 e. The van der Waals surface area contributed by atoms with Crippen LogP contribution in [0.4, 0.5) is 5.69 Å². The van der Waals surface area contributed by atoms with Gasteiger partial charge in [-0.2, -0.15) is 0 Å². The van der Waals surface area contributed by atoms with Crippen LogP contribution < -0.4 is 10.0 Å². The first-order valence-corrected chi connectivity index (χ1v) is 8.50. The summed E-state index contributed by atoms with van der Waals surface area (Å²) in [6.07, 6.45) is 3.34. The smallest absolute Gasteiger partial charge is 0.262 e. The van der Waals surface area contributed by atoms with Crippen molar-refractivity contribution in [3.05, 3.63) is 24.3 Å². The monoisotopic (exact) mass is 307 g/mol. The molecule has 112 valence electrons. The Morgan fingerprint density at radius 1 is 1.29 bits per heavy atom. The van der Waals surface area contributed by atoms with E-state index in [9.17, 15) is 13.2 Å². The third kappa shape index (κ3) is 3.41. The van der Waals surface area contributed by atoms with Crippen molar-refractivity contribution in [2.45, 2.75) is 30.6 Å². The zero-order valence-corrected chi connectivity index (χ0v) is 12.3. The fourth-order valence-corrected chi connectivity index (χ4v) is 3.30. The summed E-state index contributed by atoms with van der Waals surface area (Å²) in [6, 6.07) is 6.28. The van der Waals surface area contributed by atoms with Crippen LogP contribution in [0.25, 0.3) is 0 Å². The Morgan fingerprint density at radius 3 is 2.76 bits per heavy atom. The number of carbonyl (C=O) groups is 1. The Bertz CT molecular complexity index is 693. The van der Waals surface area contributed by atoms with E-state index in [1.54, 1.807) is 12.1 Å². The van der Waals surface area contributed by atoms with Crippen molar-refractivity contribution >= 4 is 27.5 Å². The normalized spacial score (nSPS) is 18.2. The number of aliphatic imine (C=N–C) groups is 1. The molecule has 1 fully saturated rings. The third-order valence-corrected chi connectivity index (χ3v) is 4.87. The first kappa shape index (κ1) is 14.1. The minimum Gasteiger partial charge on any atom is -0.326 e. The average molecular weight is 307 g/mol. The van der Waals surface area contributed by atoms with Gasteiger partial charge in [0.25, 0.3) is 10.0 Å². The molecular formula is C14H17N3O3S. The summed E-state index contributed by atoms with van der Waals surface area (Å²) in [5.41, 5.74) is 0.503. The van der Waals surface area contributed by atoms with Crippen LogP contribution in [0.5, 0.6) is 0 Å². The van der Waals surface area contributed by atoms with Gasteiger partial charge in [0.15, 0.2) is 0 Å². The number of benzene rings is 1. The first-order valence-electron chi connectivity index (χ1n) is 7.02. The molecule has 0 atom stereocenters. The predicted octanol–water partition coefficient (Wildman–Crippen LogP) is 1.51. The summed E-state index contributed by atoms with van der Waals surface area (Å²) in [6.45, 7) is 0.662. The quantitative estimate of drug-likeness (QED) is 0.883. The number of carbonyl (C=O) groups excluding carboxylic acids is 1. The molecule has 1 aromatic carbocycles. The van der Waals surface area contributed by atoms with Crippen molar-refractivity contribution in [2.24, 2.45) is 10.9 Å². The van der Waals surface area contributed by atoms with Crippen LogP contribution in [-0.4, -0.2) is 26.7 Å². The molecule has 1 saturated carbocycles. The highest BCUT2D eigenvalue weighted by Crippen LogP contribution is 2.30. The Balaban J connectivity index is 1.76. The molecule has 3 rings (SSSR count).